The maximum atomic E-state index is 12.8. The summed E-state index contributed by atoms with van der Waals surface area (Å²) in [7, 11) is 0. The normalized spacial score (nSPS) is 13.1. The van der Waals surface area contributed by atoms with Crippen molar-refractivity contribution >= 4 is 44.9 Å². The van der Waals surface area contributed by atoms with E-state index in [1.165, 1.54) is 22.9 Å². The van der Waals surface area contributed by atoms with Gasteiger partial charge in [0.05, 0.1) is 5.75 Å². The summed E-state index contributed by atoms with van der Waals surface area (Å²) < 4.78 is 0. The van der Waals surface area contributed by atoms with Gasteiger partial charge in [0.15, 0.2) is 0 Å². The molecule has 6 heteroatoms. The number of carbonyl (C=O) groups excluding carboxylic acids is 1. The predicted octanol–water partition coefficient (Wildman–Crippen LogP) is 5.04. The Balaban J connectivity index is 1.37. The first-order valence-corrected chi connectivity index (χ1v) is 10.9. The number of thiophene rings is 1. The van der Waals surface area contributed by atoms with Crippen molar-refractivity contribution in [2.75, 3.05) is 17.2 Å². The van der Waals surface area contributed by atoms with E-state index in [9.17, 15) is 4.79 Å². The summed E-state index contributed by atoms with van der Waals surface area (Å²) in [4.78, 5) is 25.7. The number of amides is 1. The summed E-state index contributed by atoms with van der Waals surface area (Å²) >= 11 is 3.15. The molecule has 0 aliphatic carbocycles. The zero-order valence-corrected chi connectivity index (χ0v) is 16.7. The standard InChI is InChI=1S/C22H17N3OS2/c26-20(25-11-10-15-6-4-5-9-18(15)25)13-27-21-17-12-19(16-7-2-1-3-8-16)28-22(17)24-14-23-21/h1-9,12,14H,10-11,13H2. The van der Waals surface area contributed by atoms with E-state index in [-0.39, 0.29) is 5.91 Å². The molecule has 0 N–H and O–H groups in total. The molecule has 4 aromatic rings. The number of thioether (sulfide) groups is 1. The number of anilines is 1. The molecule has 0 fully saturated rings. The van der Waals surface area contributed by atoms with E-state index in [0.29, 0.717) is 5.75 Å². The molecule has 3 heterocycles. The number of aromatic nitrogens is 2. The molecule has 2 aromatic carbocycles. The second-order valence-electron chi connectivity index (χ2n) is 6.59. The monoisotopic (exact) mass is 403 g/mol. The Hall–Kier alpha value is -2.70. The molecule has 0 atom stereocenters. The molecule has 1 aliphatic rings. The summed E-state index contributed by atoms with van der Waals surface area (Å²) in [5.41, 5.74) is 3.46. The van der Waals surface area contributed by atoms with Gasteiger partial charge in [-0.3, -0.25) is 4.79 Å². The van der Waals surface area contributed by atoms with Crippen molar-refractivity contribution in [1.29, 1.82) is 0 Å². The third kappa shape index (κ3) is 3.19. The van der Waals surface area contributed by atoms with Gasteiger partial charge in [-0.2, -0.15) is 0 Å². The average Bonchev–Trinajstić information content (AvgIpc) is 3.37. The Morgan fingerprint density at radius 1 is 1.07 bits per heavy atom. The van der Waals surface area contributed by atoms with Gasteiger partial charge in [0.1, 0.15) is 16.2 Å². The first-order chi connectivity index (χ1) is 13.8. The van der Waals surface area contributed by atoms with Gasteiger partial charge in [-0.1, -0.05) is 60.3 Å². The van der Waals surface area contributed by atoms with Crippen LogP contribution in [0, 0.1) is 0 Å². The summed E-state index contributed by atoms with van der Waals surface area (Å²) in [5, 5.41) is 1.88. The minimum Gasteiger partial charge on any atom is -0.311 e. The second-order valence-corrected chi connectivity index (χ2v) is 8.58. The average molecular weight is 404 g/mol. The molecule has 138 valence electrons. The van der Waals surface area contributed by atoms with E-state index in [4.69, 9.17) is 0 Å². The Labute approximate surface area is 171 Å². The smallest absolute Gasteiger partial charge is 0.237 e. The van der Waals surface area contributed by atoms with Crippen molar-refractivity contribution in [2.24, 2.45) is 0 Å². The van der Waals surface area contributed by atoms with Gasteiger partial charge in [0.2, 0.25) is 5.91 Å². The Morgan fingerprint density at radius 2 is 1.89 bits per heavy atom. The molecule has 0 unspecified atom stereocenters. The quantitative estimate of drug-likeness (QED) is 0.354. The molecule has 1 aliphatic heterocycles. The number of hydrogen-bond acceptors (Lipinski definition) is 5. The molecule has 4 nitrogen and oxygen atoms in total. The maximum Gasteiger partial charge on any atom is 0.237 e. The van der Waals surface area contributed by atoms with Crippen LogP contribution in [0.15, 0.2) is 72.0 Å². The molecular weight excluding hydrogens is 386 g/mol. The molecule has 2 aromatic heterocycles. The van der Waals surface area contributed by atoms with Crippen LogP contribution in [-0.2, 0) is 11.2 Å². The lowest BCUT2D eigenvalue weighted by atomic mass is 10.2. The first-order valence-electron chi connectivity index (χ1n) is 9.10. The molecule has 0 radical (unpaired) electrons. The number of nitrogens with zero attached hydrogens (tertiary/aromatic N) is 3. The van der Waals surface area contributed by atoms with E-state index < -0.39 is 0 Å². The van der Waals surface area contributed by atoms with Crippen LogP contribution in [0.2, 0.25) is 0 Å². The minimum atomic E-state index is 0.125. The lowest BCUT2D eigenvalue weighted by Crippen LogP contribution is -2.30. The van der Waals surface area contributed by atoms with Gasteiger partial charge in [0, 0.05) is 22.5 Å². The summed E-state index contributed by atoms with van der Waals surface area (Å²) in [6, 6.07) is 20.5. The van der Waals surface area contributed by atoms with Gasteiger partial charge >= 0.3 is 0 Å². The number of carbonyl (C=O) groups is 1. The van der Waals surface area contributed by atoms with Crippen LogP contribution in [0.5, 0.6) is 0 Å². The van der Waals surface area contributed by atoms with E-state index in [0.717, 1.165) is 38.8 Å². The fraction of sp³-hybridized carbons (Fsp3) is 0.136. The SMILES string of the molecule is O=C(CSc1ncnc2sc(-c3ccccc3)cc12)N1CCc2ccccc21. The van der Waals surface area contributed by atoms with Crippen molar-refractivity contribution in [3.05, 3.63) is 72.6 Å². The van der Waals surface area contributed by atoms with Crippen LogP contribution >= 0.6 is 23.1 Å². The summed E-state index contributed by atoms with van der Waals surface area (Å²) in [6.07, 6.45) is 2.51. The van der Waals surface area contributed by atoms with Crippen LogP contribution in [0.4, 0.5) is 5.69 Å². The van der Waals surface area contributed by atoms with Crippen molar-refractivity contribution < 1.29 is 4.79 Å². The van der Waals surface area contributed by atoms with Gasteiger partial charge in [0.25, 0.3) is 0 Å². The molecular formula is C22H17N3OS2. The van der Waals surface area contributed by atoms with Gasteiger partial charge in [-0.05, 0) is 29.7 Å². The van der Waals surface area contributed by atoms with Gasteiger partial charge in [-0.25, -0.2) is 9.97 Å². The second kappa shape index (κ2) is 7.37. The van der Waals surface area contributed by atoms with Gasteiger partial charge in [-0.15, -0.1) is 11.3 Å². The highest BCUT2D eigenvalue weighted by Crippen LogP contribution is 2.36. The van der Waals surface area contributed by atoms with Crippen molar-refractivity contribution in [3.63, 3.8) is 0 Å². The van der Waals surface area contributed by atoms with Crippen LogP contribution < -0.4 is 4.90 Å². The third-order valence-electron chi connectivity index (χ3n) is 4.87. The van der Waals surface area contributed by atoms with E-state index in [2.05, 4.69) is 34.2 Å². The van der Waals surface area contributed by atoms with E-state index >= 15 is 0 Å². The third-order valence-corrected chi connectivity index (χ3v) is 6.95. The van der Waals surface area contributed by atoms with Crippen LogP contribution in [0.25, 0.3) is 20.7 Å². The van der Waals surface area contributed by atoms with E-state index in [1.54, 1.807) is 17.7 Å². The zero-order chi connectivity index (χ0) is 18.9. The lowest BCUT2D eigenvalue weighted by Gasteiger charge is -2.16. The topological polar surface area (TPSA) is 46.1 Å². The molecule has 28 heavy (non-hydrogen) atoms. The summed E-state index contributed by atoms with van der Waals surface area (Å²) in [5.74, 6) is 0.497. The van der Waals surface area contributed by atoms with Crippen molar-refractivity contribution in [1.82, 2.24) is 9.97 Å². The lowest BCUT2D eigenvalue weighted by molar-refractivity contribution is -0.116. The highest BCUT2D eigenvalue weighted by atomic mass is 32.2. The van der Waals surface area contributed by atoms with Crippen LogP contribution in [0.1, 0.15) is 5.56 Å². The highest BCUT2D eigenvalue weighted by Gasteiger charge is 2.24. The van der Waals surface area contributed by atoms with Crippen molar-refractivity contribution in [3.8, 4) is 10.4 Å². The van der Waals surface area contributed by atoms with Gasteiger partial charge < -0.3 is 4.90 Å². The number of para-hydroxylation sites is 1. The Morgan fingerprint density at radius 3 is 2.79 bits per heavy atom. The number of fused-ring (bicyclic) bond motifs is 2. The molecule has 0 spiro atoms. The number of rotatable bonds is 4. The number of hydrogen-bond donors (Lipinski definition) is 0. The predicted molar refractivity (Wildman–Crippen MR) is 116 cm³/mol. The Bertz CT molecular complexity index is 1160. The fourth-order valence-corrected chi connectivity index (χ4v) is 5.42. The molecule has 1 amide bonds. The molecule has 0 saturated carbocycles. The summed E-state index contributed by atoms with van der Waals surface area (Å²) in [6.45, 7) is 0.758. The van der Waals surface area contributed by atoms with Crippen LogP contribution in [0.3, 0.4) is 0 Å². The largest absolute Gasteiger partial charge is 0.311 e. The molecule has 0 saturated heterocycles. The van der Waals surface area contributed by atoms with Crippen molar-refractivity contribution in [2.45, 2.75) is 11.4 Å². The minimum absolute atomic E-state index is 0.125. The maximum absolute atomic E-state index is 12.8. The molecule has 5 rings (SSSR count). The van der Waals surface area contributed by atoms with Crippen LogP contribution in [-0.4, -0.2) is 28.2 Å². The zero-order valence-electron chi connectivity index (χ0n) is 15.0. The number of benzene rings is 2. The molecule has 0 bridgehead atoms. The highest BCUT2D eigenvalue weighted by molar-refractivity contribution is 8.00. The Kier molecular flexibility index (Phi) is 4.58. The fourth-order valence-electron chi connectivity index (χ4n) is 3.50. The first kappa shape index (κ1) is 17.4. The van der Waals surface area contributed by atoms with E-state index in [1.807, 2.05) is 41.3 Å².